The number of nitrogens with zero attached hydrogens (tertiary/aromatic N) is 2. The average Bonchev–Trinajstić information content (AvgIpc) is 2.81. The molecular formula is C24H44N4O2. The number of hydrogen-bond donors (Lipinski definition) is 2. The minimum Gasteiger partial charge on any atom is -0.356 e. The van der Waals surface area contributed by atoms with E-state index < -0.39 is 0 Å². The van der Waals surface area contributed by atoms with E-state index in [1.165, 1.54) is 38.5 Å². The molecule has 0 atom stereocenters. The number of nitrogens with one attached hydrogen (secondary N) is 2. The van der Waals surface area contributed by atoms with E-state index in [-0.39, 0.29) is 23.7 Å². The summed E-state index contributed by atoms with van der Waals surface area (Å²) < 4.78 is 0. The largest absolute Gasteiger partial charge is 0.356 e. The first-order chi connectivity index (χ1) is 14.7. The summed E-state index contributed by atoms with van der Waals surface area (Å²) in [4.78, 5) is 29.4. The number of amides is 2. The number of carbonyl (C=O) groups is 2. The molecule has 3 fully saturated rings. The summed E-state index contributed by atoms with van der Waals surface area (Å²) in [6.07, 6.45) is 13.9. The van der Waals surface area contributed by atoms with Crippen LogP contribution in [0.15, 0.2) is 0 Å². The first kappa shape index (κ1) is 23.5. The molecule has 172 valence electrons. The smallest absolute Gasteiger partial charge is 0.223 e. The number of carbonyl (C=O) groups excluding carboxylic acids is 2. The van der Waals surface area contributed by atoms with Gasteiger partial charge in [0, 0.05) is 51.1 Å². The van der Waals surface area contributed by atoms with Crippen LogP contribution in [0.5, 0.6) is 0 Å². The third kappa shape index (κ3) is 8.18. The summed E-state index contributed by atoms with van der Waals surface area (Å²) in [5.74, 6) is 1.12. The highest BCUT2D eigenvalue weighted by atomic mass is 16.2. The maximum absolute atomic E-state index is 12.2. The van der Waals surface area contributed by atoms with E-state index in [2.05, 4.69) is 20.4 Å². The molecule has 0 aromatic rings. The van der Waals surface area contributed by atoms with Gasteiger partial charge >= 0.3 is 0 Å². The van der Waals surface area contributed by atoms with Crippen molar-refractivity contribution < 1.29 is 9.59 Å². The Morgan fingerprint density at radius 3 is 1.33 bits per heavy atom. The van der Waals surface area contributed by atoms with Crippen molar-refractivity contribution in [3.8, 4) is 0 Å². The van der Waals surface area contributed by atoms with E-state index in [4.69, 9.17) is 0 Å². The van der Waals surface area contributed by atoms with Gasteiger partial charge in [0.2, 0.25) is 11.8 Å². The second-order valence-electron chi connectivity index (χ2n) is 9.64. The van der Waals surface area contributed by atoms with Crippen LogP contribution in [0, 0.1) is 11.8 Å². The summed E-state index contributed by atoms with van der Waals surface area (Å²) in [5, 5.41) is 6.31. The highest BCUT2D eigenvalue weighted by Crippen LogP contribution is 2.24. The van der Waals surface area contributed by atoms with Crippen molar-refractivity contribution in [3.05, 3.63) is 0 Å². The van der Waals surface area contributed by atoms with Crippen molar-refractivity contribution in [3.63, 3.8) is 0 Å². The zero-order valence-electron chi connectivity index (χ0n) is 19.0. The fraction of sp³-hybridized carbons (Fsp3) is 0.917. The second-order valence-corrected chi connectivity index (χ2v) is 9.64. The Kier molecular flexibility index (Phi) is 10.4. The third-order valence-corrected chi connectivity index (χ3v) is 7.32. The third-order valence-electron chi connectivity index (χ3n) is 7.32. The van der Waals surface area contributed by atoms with Gasteiger partial charge in [-0.25, -0.2) is 0 Å². The zero-order valence-corrected chi connectivity index (χ0v) is 19.0. The van der Waals surface area contributed by atoms with Crippen LogP contribution in [0.2, 0.25) is 0 Å². The van der Waals surface area contributed by atoms with Gasteiger partial charge < -0.3 is 20.4 Å². The summed E-state index contributed by atoms with van der Waals surface area (Å²) in [7, 11) is 0. The Hall–Kier alpha value is -1.14. The lowest BCUT2D eigenvalue weighted by atomic mass is 9.89. The maximum atomic E-state index is 12.2. The topological polar surface area (TPSA) is 64.7 Å². The van der Waals surface area contributed by atoms with Crippen LogP contribution in [0.1, 0.15) is 77.0 Å². The SMILES string of the molecule is O=C(NCCCN1CCN(CCCNC(=O)C2CCCCC2)CC1)C1CCCCC1. The fourth-order valence-electron chi connectivity index (χ4n) is 5.28. The zero-order chi connectivity index (χ0) is 21.0. The van der Waals surface area contributed by atoms with E-state index in [9.17, 15) is 9.59 Å². The lowest BCUT2D eigenvalue weighted by Gasteiger charge is -2.34. The van der Waals surface area contributed by atoms with Gasteiger partial charge in [0.15, 0.2) is 0 Å². The van der Waals surface area contributed by atoms with Gasteiger partial charge in [-0.1, -0.05) is 38.5 Å². The van der Waals surface area contributed by atoms with Gasteiger partial charge in [-0.15, -0.1) is 0 Å². The van der Waals surface area contributed by atoms with Gasteiger partial charge in [-0.2, -0.15) is 0 Å². The Labute approximate surface area is 183 Å². The Bertz CT molecular complexity index is 461. The molecule has 0 bridgehead atoms. The molecule has 0 radical (unpaired) electrons. The van der Waals surface area contributed by atoms with Gasteiger partial charge in [-0.3, -0.25) is 9.59 Å². The molecule has 1 saturated heterocycles. The minimum absolute atomic E-state index is 0.273. The van der Waals surface area contributed by atoms with E-state index in [0.29, 0.717) is 0 Å². The number of rotatable bonds is 10. The van der Waals surface area contributed by atoms with Crippen LogP contribution in [-0.2, 0) is 9.59 Å². The Morgan fingerprint density at radius 2 is 0.967 bits per heavy atom. The van der Waals surface area contributed by atoms with Crippen molar-refractivity contribution in [2.75, 3.05) is 52.4 Å². The summed E-state index contributed by atoms with van der Waals surface area (Å²) in [6.45, 7) is 8.25. The van der Waals surface area contributed by atoms with E-state index in [1.54, 1.807) is 0 Å². The second kappa shape index (κ2) is 13.3. The van der Waals surface area contributed by atoms with Gasteiger partial charge in [0.05, 0.1) is 0 Å². The normalized spacial score (nSPS) is 22.7. The van der Waals surface area contributed by atoms with Gasteiger partial charge in [0.25, 0.3) is 0 Å². The van der Waals surface area contributed by atoms with Crippen molar-refractivity contribution in [1.29, 1.82) is 0 Å². The van der Waals surface area contributed by atoms with Crippen LogP contribution in [0.25, 0.3) is 0 Å². The highest BCUT2D eigenvalue weighted by molar-refractivity contribution is 5.79. The molecule has 1 heterocycles. The molecule has 30 heavy (non-hydrogen) atoms. The quantitative estimate of drug-likeness (QED) is 0.534. The monoisotopic (exact) mass is 420 g/mol. The Morgan fingerprint density at radius 1 is 0.600 bits per heavy atom. The average molecular weight is 421 g/mol. The highest BCUT2D eigenvalue weighted by Gasteiger charge is 2.22. The number of hydrogen-bond acceptors (Lipinski definition) is 4. The van der Waals surface area contributed by atoms with E-state index >= 15 is 0 Å². The van der Waals surface area contributed by atoms with E-state index in [1.807, 2.05) is 0 Å². The molecule has 2 amide bonds. The van der Waals surface area contributed by atoms with E-state index in [0.717, 1.165) is 90.9 Å². The fourth-order valence-corrected chi connectivity index (χ4v) is 5.28. The summed E-state index contributed by atoms with van der Waals surface area (Å²) in [6, 6.07) is 0. The first-order valence-electron chi connectivity index (χ1n) is 12.7. The maximum Gasteiger partial charge on any atom is 0.223 e. The lowest BCUT2D eigenvalue weighted by Crippen LogP contribution is -2.47. The van der Waals surface area contributed by atoms with Gasteiger partial charge in [-0.05, 0) is 51.6 Å². The van der Waals surface area contributed by atoms with Crippen LogP contribution < -0.4 is 10.6 Å². The molecule has 2 saturated carbocycles. The van der Waals surface area contributed by atoms with Crippen molar-refractivity contribution >= 4 is 11.8 Å². The standard InChI is InChI=1S/C24H44N4O2/c29-23(21-9-3-1-4-10-21)25-13-7-15-27-17-19-28(20-18-27)16-8-14-26-24(30)22-11-5-2-6-12-22/h21-22H,1-20H2,(H,25,29)(H,26,30). The molecular weight excluding hydrogens is 376 g/mol. The first-order valence-corrected chi connectivity index (χ1v) is 12.7. The molecule has 3 rings (SSSR count). The summed E-state index contributed by atoms with van der Waals surface area (Å²) in [5.41, 5.74) is 0. The summed E-state index contributed by atoms with van der Waals surface area (Å²) >= 11 is 0. The lowest BCUT2D eigenvalue weighted by molar-refractivity contribution is -0.126. The number of piperazine rings is 1. The molecule has 3 aliphatic rings. The minimum atomic E-state index is 0.273. The molecule has 6 heteroatoms. The molecule has 2 aliphatic carbocycles. The van der Waals surface area contributed by atoms with Crippen LogP contribution in [0.4, 0.5) is 0 Å². The van der Waals surface area contributed by atoms with Crippen LogP contribution in [-0.4, -0.2) is 74.0 Å². The van der Waals surface area contributed by atoms with Crippen molar-refractivity contribution in [2.45, 2.75) is 77.0 Å². The molecule has 1 aliphatic heterocycles. The predicted molar refractivity (Wildman–Crippen MR) is 121 cm³/mol. The Balaban J connectivity index is 1.16. The van der Waals surface area contributed by atoms with Crippen LogP contribution >= 0.6 is 0 Å². The molecule has 6 nitrogen and oxygen atoms in total. The molecule has 0 spiro atoms. The van der Waals surface area contributed by atoms with Gasteiger partial charge in [0.1, 0.15) is 0 Å². The molecule has 0 aromatic heterocycles. The van der Waals surface area contributed by atoms with Crippen molar-refractivity contribution in [1.82, 2.24) is 20.4 Å². The molecule has 2 N–H and O–H groups in total. The molecule has 0 unspecified atom stereocenters. The predicted octanol–water partition coefficient (Wildman–Crippen LogP) is 2.78. The van der Waals surface area contributed by atoms with Crippen molar-refractivity contribution in [2.24, 2.45) is 11.8 Å². The molecule has 0 aromatic carbocycles. The van der Waals surface area contributed by atoms with Crippen LogP contribution in [0.3, 0.4) is 0 Å².